The highest BCUT2D eigenvalue weighted by Gasteiger charge is 2.18. The lowest BCUT2D eigenvalue weighted by Gasteiger charge is -2.19. The van der Waals surface area contributed by atoms with Gasteiger partial charge in [-0.05, 0) is 37.5 Å². The molecule has 0 unspecified atom stereocenters. The first kappa shape index (κ1) is 13.4. The van der Waals surface area contributed by atoms with Gasteiger partial charge >= 0.3 is 0 Å². The Kier molecular flexibility index (Phi) is 3.39. The number of aryl methyl sites for hydroxylation is 2. The van der Waals surface area contributed by atoms with Gasteiger partial charge in [0.25, 0.3) is 10.0 Å². The lowest BCUT2D eigenvalue weighted by Crippen LogP contribution is -2.14. The van der Waals surface area contributed by atoms with Gasteiger partial charge in [0.05, 0.1) is 16.9 Å². The van der Waals surface area contributed by atoms with Crippen molar-refractivity contribution >= 4 is 32.7 Å². The van der Waals surface area contributed by atoms with E-state index in [0.717, 1.165) is 30.1 Å². The molecule has 106 valence electrons. The lowest BCUT2D eigenvalue weighted by atomic mass is 10.0. The summed E-state index contributed by atoms with van der Waals surface area (Å²) >= 11 is 1.17. The number of hydrogen-bond donors (Lipinski definition) is 2. The average Bonchev–Trinajstić information content (AvgIpc) is 2.86. The topological polar surface area (TPSA) is 71.1 Å². The van der Waals surface area contributed by atoms with Crippen LogP contribution in [0.1, 0.15) is 17.0 Å². The molecule has 2 aromatic rings. The number of aromatic nitrogens is 1. The zero-order valence-electron chi connectivity index (χ0n) is 11.0. The molecule has 1 aromatic carbocycles. The number of benzene rings is 1. The van der Waals surface area contributed by atoms with Crippen molar-refractivity contribution in [2.45, 2.75) is 24.0 Å². The smallest absolute Gasteiger partial charge is 0.273 e. The van der Waals surface area contributed by atoms with Crippen molar-refractivity contribution in [3.05, 3.63) is 35.0 Å². The number of sulfonamides is 1. The number of anilines is 2. The van der Waals surface area contributed by atoms with Crippen molar-refractivity contribution in [1.29, 1.82) is 0 Å². The summed E-state index contributed by atoms with van der Waals surface area (Å²) in [6.45, 7) is 2.71. The molecule has 20 heavy (non-hydrogen) atoms. The van der Waals surface area contributed by atoms with E-state index >= 15 is 0 Å². The fourth-order valence-electron chi connectivity index (χ4n) is 2.20. The minimum absolute atomic E-state index is 0.237. The van der Waals surface area contributed by atoms with Gasteiger partial charge in [-0.2, -0.15) is 0 Å². The van der Waals surface area contributed by atoms with Crippen molar-refractivity contribution in [2.75, 3.05) is 16.6 Å². The predicted octanol–water partition coefficient (Wildman–Crippen LogP) is 2.61. The molecule has 3 rings (SSSR count). The molecule has 7 heteroatoms. The van der Waals surface area contributed by atoms with Crippen molar-refractivity contribution < 1.29 is 8.42 Å². The number of nitrogens with one attached hydrogen (secondary N) is 2. The van der Waals surface area contributed by atoms with Crippen LogP contribution < -0.4 is 10.0 Å². The quantitative estimate of drug-likeness (QED) is 0.914. The molecule has 2 N–H and O–H groups in total. The molecule has 0 radical (unpaired) electrons. The molecule has 0 saturated heterocycles. The molecule has 0 spiro atoms. The predicted molar refractivity (Wildman–Crippen MR) is 80.9 cm³/mol. The highest BCUT2D eigenvalue weighted by Crippen LogP contribution is 2.27. The van der Waals surface area contributed by atoms with Crippen LogP contribution in [0.3, 0.4) is 0 Å². The van der Waals surface area contributed by atoms with Gasteiger partial charge in [0.15, 0.2) is 4.21 Å². The standard InChI is InChI=1S/C13H15N3O2S2/c1-9-15-8-13(19-9)20(17,18)16-11-5-4-10-3-2-6-14-12(10)7-11/h4-5,7-8,14,16H,2-3,6H2,1H3. The van der Waals surface area contributed by atoms with Crippen molar-refractivity contribution in [2.24, 2.45) is 0 Å². The molecule has 1 aromatic heterocycles. The van der Waals surface area contributed by atoms with Crippen LogP contribution in [0, 0.1) is 6.92 Å². The van der Waals surface area contributed by atoms with E-state index in [1.54, 1.807) is 13.0 Å². The number of thiazole rings is 1. The first-order valence-corrected chi connectivity index (χ1v) is 8.67. The van der Waals surface area contributed by atoms with Crippen LogP contribution in [-0.2, 0) is 16.4 Å². The summed E-state index contributed by atoms with van der Waals surface area (Å²) in [6, 6.07) is 5.62. The summed E-state index contributed by atoms with van der Waals surface area (Å²) in [4.78, 5) is 3.98. The number of nitrogens with zero attached hydrogens (tertiary/aromatic N) is 1. The van der Waals surface area contributed by atoms with Crippen LogP contribution in [0.2, 0.25) is 0 Å². The molecule has 1 aliphatic heterocycles. The normalized spacial score (nSPS) is 14.4. The maximum absolute atomic E-state index is 12.2. The summed E-state index contributed by atoms with van der Waals surface area (Å²) < 4.78 is 27.3. The van der Waals surface area contributed by atoms with E-state index < -0.39 is 10.0 Å². The Morgan fingerprint density at radius 3 is 3.00 bits per heavy atom. The molecule has 0 amide bonds. The molecule has 0 bridgehead atoms. The fourth-order valence-corrected chi connectivity index (χ4v) is 4.35. The molecule has 2 heterocycles. The van der Waals surface area contributed by atoms with Crippen molar-refractivity contribution in [1.82, 2.24) is 4.98 Å². The van der Waals surface area contributed by atoms with Crippen LogP contribution in [0.5, 0.6) is 0 Å². The lowest BCUT2D eigenvalue weighted by molar-refractivity contribution is 0.603. The SMILES string of the molecule is Cc1ncc(S(=O)(=O)Nc2ccc3c(c2)NCCC3)s1. The van der Waals surface area contributed by atoms with E-state index in [2.05, 4.69) is 15.0 Å². The van der Waals surface area contributed by atoms with Gasteiger partial charge in [-0.25, -0.2) is 13.4 Å². The maximum atomic E-state index is 12.2. The van der Waals surface area contributed by atoms with E-state index in [-0.39, 0.29) is 4.21 Å². The van der Waals surface area contributed by atoms with Gasteiger partial charge in [-0.1, -0.05) is 6.07 Å². The van der Waals surface area contributed by atoms with Crippen molar-refractivity contribution in [3.63, 3.8) is 0 Å². The summed E-state index contributed by atoms with van der Waals surface area (Å²) in [6.07, 6.45) is 3.53. The zero-order valence-corrected chi connectivity index (χ0v) is 12.6. The van der Waals surface area contributed by atoms with Gasteiger partial charge in [-0.15, -0.1) is 11.3 Å². The first-order chi connectivity index (χ1) is 9.54. The van der Waals surface area contributed by atoms with E-state index in [1.165, 1.54) is 23.1 Å². The first-order valence-electron chi connectivity index (χ1n) is 6.37. The highest BCUT2D eigenvalue weighted by atomic mass is 32.2. The fraction of sp³-hybridized carbons (Fsp3) is 0.308. The van der Waals surface area contributed by atoms with E-state index in [9.17, 15) is 8.42 Å². The Labute approximate surface area is 122 Å². The molecule has 0 aliphatic carbocycles. The Morgan fingerprint density at radius 2 is 2.25 bits per heavy atom. The number of rotatable bonds is 3. The second kappa shape index (κ2) is 5.06. The van der Waals surface area contributed by atoms with Gasteiger partial charge < -0.3 is 5.32 Å². The third-order valence-corrected chi connectivity index (χ3v) is 5.92. The van der Waals surface area contributed by atoms with Crippen LogP contribution >= 0.6 is 11.3 Å². The Hall–Kier alpha value is -1.60. The molecule has 0 fully saturated rings. The molecular weight excluding hydrogens is 294 g/mol. The summed E-state index contributed by atoms with van der Waals surface area (Å²) in [7, 11) is -3.54. The Morgan fingerprint density at radius 1 is 1.40 bits per heavy atom. The molecule has 5 nitrogen and oxygen atoms in total. The second-order valence-corrected chi connectivity index (χ2v) is 7.85. The Bertz CT molecular complexity index is 738. The van der Waals surface area contributed by atoms with E-state index in [4.69, 9.17) is 0 Å². The van der Waals surface area contributed by atoms with Gasteiger partial charge in [-0.3, -0.25) is 4.72 Å². The molecule has 0 atom stereocenters. The summed E-state index contributed by atoms with van der Waals surface area (Å²) in [5.74, 6) is 0. The zero-order chi connectivity index (χ0) is 14.2. The third-order valence-electron chi connectivity index (χ3n) is 3.17. The van der Waals surface area contributed by atoms with Crippen LogP contribution in [0.4, 0.5) is 11.4 Å². The average molecular weight is 309 g/mol. The maximum Gasteiger partial charge on any atom is 0.273 e. The minimum atomic E-state index is -3.54. The summed E-state index contributed by atoms with van der Waals surface area (Å²) in [5, 5.41) is 4.02. The van der Waals surface area contributed by atoms with Crippen molar-refractivity contribution in [3.8, 4) is 0 Å². The van der Waals surface area contributed by atoms with E-state index in [0.29, 0.717) is 5.69 Å². The molecule has 1 aliphatic rings. The van der Waals surface area contributed by atoms with Gasteiger partial charge in [0.1, 0.15) is 0 Å². The highest BCUT2D eigenvalue weighted by molar-refractivity contribution is 7.94. The van der Waals surface area contributed by atoms with Crippen LogP contribution in [0.15, 0.2) is 28.6 Å². The van der Waals surface area contributed by atoms with Gasteiger partial charge in [0, 0.05) is 12.2 Å². The second-order valence-electron chi connectivity index (χ2n) is 4.71. The minimum Gasteiger partial charge on any atom is -0.385 e. The largest absolute Gasteiger partial charge is 0.385 e. The van der Waals surface area contributed by atoms with Crippen LogP contribution in [-0.4, -0.2) is 19.9 Å². The molecular formula is C13H15N3O2S2. The monoisotopic (exact) mass is 309 g/mol. The number of fused-ring (bicyclic) bond motifs is 1. The van der Waals surface area contributed by atoms with Gasteiger partial charge in [0.2, 0.25) is 0 Å². The van der Waals surface area contributed by atoms with Crippen LogP contribution in [0.25, 0.3) is 0 Å². The van der Waals surface area contributed by atoms with E-state index in [1.807, 2.05) is 12.1 Å². The third kappa shape index (κ3) is 2.64. The summed E-state index contributed by atoms with van der Waals surface area (Å²) in [5.41, 5.74) is 2.81. The molecule has 0 saturated carbocycles. The Balaban J connectivity index is 1.87. The number of hydrogen-bond acceptors (Lipinski definition) is 5.